The summed E-state index contributed by atoms with van der Waals surface area (Å²) in [5.74, 6) is 0.878. The van der Waals surface area contributed by atoms with Crippen LogP contribution in [-0.4, -0.2) is 6.54 Å². The van der Waals surface area contributed by atoms with Crippen LogP contribution in [0, 0.1) is 12.8 Å². The summed E-state index contributed by atoms with van der Waals surface area (Å²) in [6, 6.07) is 6.91. The van der Waals surface area contributed by atoms with Crippen LogP contribution in [0.2, 0.25) is 0 Å². The molecule has 15 heavy (non-hydrogen) atoms. The van der Waals surface area contributed by atoms with Crippen molar-refractivity contribution >= 4 is 0 Å². The van der Waals surface area contributed by atoms with Gasteiger partial charge in [-0.05, 0) is 62.6 Å². The summed E-state index contributed by atoms with van der Waals surface area (Å²) in [4.78, 5) is 0. The van der Waals surface area contributed by atoms with Gasteiger partial charge in [0.05, 0.1) is 0 Å². The average Bonchev–Trinajstić information content (AvgIpc) is 2.26. The molecule has 82 valence electrons. The number of aryl methyl sites for hydroxylation is 2. The Morgan fingerprint density at radius 2 is 2.20 bits per heavy atom. The van der Waals surface area contributed by atoms with Crippen molar-refractivity contribution in [3.05, 3.63) is 34.9 Å². The molecule has 1 aromatic rings. The predicted molar refractivity (Wildman–Crippen MR) is 65.0 cm³/mol. The van der Waals surface area contributed by atoms with E-state index in [0.717, 1.165) is 12.5 Å². The van der Waals surface area contributed by atoms with Gasteiger partial charge in [-0.25, -0.2) is 0 Å². The molecule has 0 bridgehead atoms. The number of rotatable bonds is 3. The molecule has 0 aliphatic heterocycles. The zero-order valence-electron chi connectivity index (χ0n) is 9.63. The monoisotopic (exact) mass is 203 g/mol. The Morgan fingerprint density at radius 3 is 3.00 bits per heavy atom. The van der Waals surface area contributed by atoms with E-state index in [-0.39, 0.29) is 0 Å². The summed E-state index contributed by atoms with van der Waals surface area (Å²) in [6.45, 7) is 3.03. The van der Waals surface area contributed by atoms with E-state index in [0.29, 0.717) is 0 Å². The van der Waals surface area contributed by atoms with Gasteiger partial charge in [-0.3, -0.25) is 0 Å². The number of fused-ring (bicyclic) bond motifs is 1. The molecule has 1 aromatic carbocycles. The Hall–Kier alpha value is -0.820. The Labute approximate surface area is 92.7 Å². The highest BCUT2D eigenvalue weighted by molar-refractivity contribution is 5.33. The van der Waals surface area contributed by atoms with Gasteiger partial charge in [-0.2, -0.15) is 0 Å². The molecule has 1 aliphatic rings. The van der Waals surface area contributed by atoms with E-state index in [1.807, 2.05) is 0 Å². The minimum atomic E-state index is 0.844. The van der Waals surface area contributed by atoms with Crippen molar-refractivity contribution in [2.45, 2.75) is 39.0 Å². The van der Waals surface area contributed by atoms with Gasteiger partial charge in [-0.15, -0.1) is 0 Å². The van der Waals surface area contributed by atoms with E-state index in [2.05, 4.69) is 25.1 Å². The highest BCUT2D eigenvalue weighted by Gasteiger charge is 2.17. The van der Waals surface area contributed by atoms with E-state index in [9.17, 15) is 0 Å². The van der Waals surface area contributed by atoms with Crippen molar-refractivity contribution in [3.8, 4) is 0 Å². The van der Waals surface area contributed by atoms with E-state index >= 15 is 0 Å². The van der Waals surface area contributed by atoms with Gasteiger partial charge >= 0.3 is 0 Å². The van der Waals surface area contributed by atoms with Gasteiger partial charge in [0.15, 0.2) is 0 Å². The van der Waals surface area contributed by atoms with Crippen LogP contribution in [0.5, 0.6) is 0 Å². The Kier molecular flexibility index (Phi) is 3.42. The van der Waals surface area contributed by atoms with Crippen LogP contribution in [-0.2, 0) is 12.8 Å². The van der Waals surface area contributed by atoms with Crippen molar-refractivity contribution in [2.24, 2.45) is 11.7 Å². The molecular weight excluding hydrogens is 182 g/mol. The highest BCUT2D eigenvalue weighted by Crippen LogP contribution is 2.28. The predicted octanol–water partition coefficient (Wildman–Crippen LogP) is 2.84. The molecule has 0 heterocycles. The van der Waals surface area contributed by atoms with Crippen LogP contribution < -0.4 is 5.73 Å². The fourth-order valence-corrected chi connectivity index (χ4v) is 2.61. The standard InChI is InChI=1S/C14H21N/c1-11-4-6-14-10-12(3-2-8-15)5-7-13(14)9-11/h4,6,9,12H,2-3,5,7-8,10,15H2,1H3. The van der Waals surface area contributed by atoms with Crippen molar-refractivity contribution in [2.75, 3.05) is 6.54 Å². The third-order valence-electron chi connectivity index (χ3n) is 3.51. The molecule has 2 N–H and O–H groups in total. The third-order valence-corrected chi connectivity index (χ3v) is 3.51. The number of nitrogens with two attached hydrogens (primary N) is 1. The lowest BCUT2D eigenvalue weighted by Crippen LogP contribution is -2.15. The molecule has 1 atom stereocenters. The molecule has 0 saturated heterocycles. The Morgan fingerprint density at radius 1 is 1.33 bits per heavy atom. The van der Waals surface area contributed by atoms with E-state index in [4.69, 9.17) is 5.73 Å². The van der Waals surface area contributed by atoms with Crippen LogP contribution in [0.1, 0.15) is 36.0 Å². The van der Waals surface area contributed by atoms with Crippen LogP contribution in [0.15, 0.2) is 18.2 Å². The second-order valence-electron chi connectivity index (χ2n) is 4.81. The number of hydrogen-bond acceptors (Lipinski definition) is 1. The second kappa shape index (κ2) is 4.80. The highest BCUT2D eigenvalue weighted by atomic mass is 14.5. The summed E-state index contributed by atoms with van der Waals surface area (Å²) in [5, 5.41) is 0. The van der Waals surface area contributed by atoms with Crippen molar-refractivity contribution in [1.82, 2.24) is 0 Å². The Bertz CT molecular complexity index is 330. The van der Waals surface area contributed by atoms with E-state index in [1.54, 1.807) is 11.1 Å². The van der Waals surface area contributed by atoms with Crippen LogP contribution >= 0.6 is 0 Å². The maximum Gasteiger partial charge on any atom is -0.00772 e. The largest absolute Gasteiger partial charge is 0.330 e. The molecule has 1 heteroatoms. The van der Waals surface area contributed by atoms with Crippen molar-refractivity contribution in [3.63, 3.8) is 0 Å². The lowest BCUT2D eigenvalue weighted by Gasteiger charge is -2.24. The van der Waals surface area contributed by atoms with E-state index < -0.39 is 0 Å². The molecule has 1 nitrogen and oxygen atoms in total. The number of hydrogen-bond donors (Lipinski definition) is 1. The first-order chi connectivity index (χ1) is 7.29. The summed E-state index contributed by atoms with van der Waals surface area (Å²) >= 11 is 0. The lowest BCUT2D eigenvalue weighted by molar-refractivity contribution is 0.417. The molecule has 1 unspecified atom stereocenters. The van der Waals surface area contributed by atoms with E-state index in [1.165, 1.54) is 37.7 Å². The Balaban J connectivity index is 2.03. The molecule has 0 fully saturated rings. The minimum Gasteiger partial charge on any atom is -0.330 e. The molecule has 2 rings (SSSR count). The first kappa shape index (κ1) is 10.7. The normalized spacial score (nSPS) is 20.0. The molecule has 0 amide bonds. The van der Waals surface area contributed by atoms with Gasteiger partial charge in [-0.1, -0.05) is 23.8 Å². The van der Waals surface area contributed by atoms with Gasteiger partial charge in [0.2, 0.25) is 0 Å². The summed E-state index contributed by atoms with van der Waals surface area (Å²) in [6.07, 6.45) is 6.40. The maximum atomic E-state index is 5.56. The van der Waals surface area contributed by atoms with Crippen LogP contribution in [0.3, 0.4) is 0 Å². The SMILES string of the molecule is Cc1ccc2c(c1)CCC(CCCN)C2. The van der Waals surface area contributed by atoms with Crippen LogP contribution in [0.4, 0.5) is 0 Å². The molecule has 0 aromatic heterocycles. The van der Waals surface area contributed by atoms with Gasteiger partial charge in [0, 0.05) is 0 Å². The fraction of sp³-hybridized carbons (Fsp3) is 0.571. The number of benzene rings is 1. The molecule has 0 radical (unpaired) electrons. The topological polar surface area (TPSA) is 26.0 Å². The maximum absolute atomic E-state index is 5.56. The van der Waals surface area contributed by atoms with Crippen molar-refractivity contribution < 1.29 is 0 Å². The molecule has 1 aliphatic carbocycles. The molecular formula is C14H21N. The molecule has 0 saturated carbocycles. The smallest absolute Gasteiger partial charge is 0.00772 e. The molecule has 0 spiro atoms. The second-order valence-corrected chi connectivity index (χ2v) is 4.81. The third kappa shape index (κ3) is 2.60. The summed E-state index contributed by atoms with van der Waals surface area (Å²) < 4.78 is 0. The van der Waals surface area contributed by atoms with Crippen molar-refractivity contribution in [1.29, 1.82) is 0 Å². The quantitative estimate of drug-likeness (QED) is 0.803. The van der Waals surface area contributed by atoms with Gasteiger partial charge in [0.1, 0.15) is 0 Å². The fourth-order valence-electron chi connectivity index (χ4n) is 2.61. The minimum absolute atomic E-state index is 0.844. The summed E-state index contributed by atoms with van der Waals surface area (Å²) in [7, 11) is 0. The lowest BCUT2D eigenvalue weighted by atomic mass is 9.81. The van der Waals surface area contributed by atoms with Gasteiger partial charge < -0.3 is 5.73 Å². The van der Waals surface area contributed by atoms with Gasteiger partial charge in [0.25, 0.3) is 0 Å². The zero-order valence-corrected chi connectivity index (χ0v) is 9.63. The first-order valence-electron chi connectivity index (χ1n) is 6.08. The van der Waals surface area contributed by atoms with Crippen LogP contribution in [0.25, 0.3) is 0 Å². The summed E-state index contributed by atoms with van der Waals surface area (Å²) in [5.41, 5.74) is 10.1. The average molecular weight is 203 g/mol. The first-order valence-corrected chi connectivity index (χ1v) is 6.08. The zero-order chi connectivity index (χ0) is 10.7.